The van der Waals surface area contributed by atoms with Crippen LogP contribution in [0, 0.1) is 5.82 Å². The molecule has 1 aromatic carbocycles. The molecule has 1 heterocycles. The fourth-order valence-corrected chi connectivity index (χ4v) is 2.56. The number of nitrogens with one attached hydrogen (secondary N) is 1. The van der Waals surface area contributed by atoms with Crippen LogP contribution in [-0.4, -0.2) is 8.42 Å². The van der Waals surface area contributed by atoms with Gasteiger partial charge in [-0.3, -0.25) is 0 Å². The molecule has 0 aliphatic rings. The first-order valence-corrected chi connectivity index (χ1v) is 6.54. The highest BCUT2D eigenvalue weighted by atomic mass is 32.2. The van der Waals surface area contributed by atoms with Crippen LogP contribution in [-0.2, 0) is 16.6 Å². The van der Waals surface area contributed by atoms with Crippen molar-refractivity contribution in [1.82, 2.24) is 4.72 Å². The second kappa shape index (κ2) is 4.79. The van der Waals surface area contributed by atoms with E-state index in [1.54, 1.807) is 6.07 Å². The molecule has 0 aliphatic carbocycles. The summed E-state index contributed by atoms with van der Waals surface area (Å²) >= 11 is 0. The van der Waals surface area contributed by atoms with Crippen LogP contribution in [0.5, 0.6) is 0 Å². The molecule has 0 spiro atoms. The topological polar surface area (TPSA) is 85.3 Å². The quantitative estimate of drug-likeness (QED) is 0.824. The van der Waals surface area contributed by atoms with Crippen LogP contribution in [0.25, 0.3) is 0 Å². The minimum atomic E-state index is -3.85. The lowest BCUT2D eigenvalue weighted by atomic mass is 10.3. The van der Waals surface area contributed by atoms with Gasteiger partial charge in [0.1, 0.15) is 10.7 Å². The van der Waals surface area contributed by atoms with E-state index in [1.807, 2.05) is 0 Å². The molecule has 7 heteroatoms. The number of para-hydroxylation sites is 1. The number of benzene rings is 1. The van der Waals surface area contributed by atoms with Gasteiger partial charge in [0.25, 0.3) is 0 Å². The van der Waals surface area contributed by atoms with Crippen LogP contribution < -0.4 is 10.5 Å². The zero-order valence-corrected chi connectivity index (χ0v) is 10.1. The van der Waals surface area contributed by atoms with Gasteiger partial charge in [-0.2, -0.15) is 0 Å². The molecule has 0 saturated carbocycles. The van der Waals surface area contributed by atoms with Crippen LogP contribution in [0.1, 0.15) is 5.56 Å². The Morgan fingerprint density at radius 3 is 2.78 bits per heavy atom. The predicted molar refractivity (Wildman–Crippen MR) is 63.5 cm³/mol. The summed E-state index contributed by atoms with van der Waals surface area (Å²) in [6.45, 7) is 0.0504. The molecule has 0 saturated heterocycles. The molecule has 0 amide bonds. The van der Waals surface area contributed by atoms with Gasteiger partial charge in [-0.15, -0.1) is 0 Å². The molecular weight excluding hydrogens is 259 g/mol. The summed E-state index contributed by atoms with van der Waals surface area (Å²) in [5, 5.41) is 0. The average molecular weight is 270 g/mol. The molecule has 0 bridgehead atoms. The standard InChI is InChI=1S/C11H11FN2O3S/c12-9-2-1-3-10(11(9)13)18(15,16)14-6-8-4-5-17-7-8/h1-5,7,14H,6,13H2. The minimum absolute atomic E-state index is 0.0504. The van der Waals surface area contributed by atoms with Crippen LogP contribution >= 0.6 is 0 Å². The van der Waals surface area contributed by atoms with Crippen molar-refractivity contribution in [3.63, 3.8) is 0 Å². The third-order valence-corrected chi connectivity index (χ3v) is 3.81. The summed E-state index contributed by atoms with van der Waals surface area (Å²) in [5.74, 6) is -0.763. The smallest absolute Gasteiger partial charge is 0.243 e. The zero-order valence-electron chi connectivity index (χ0n) is 9.26. The highest BCUT2D eigenvalue weighted by Gasteiger charge is 2.19. The fourth-order valence-electron chi connectivity index (χ4n) is 1.40. The number of rotatable bonds is 4. The largest absolute Gasteiger partial charge is 0.472 e. The normalized spacial score (nSPS) is 11.6. The second-order valence-electron chi connectivity index (χ2n) is 3.61. The summed E-state index contributed by atoms with van der Waals surface area (Å²) in [5.41, 5.74) is 5.67. The Kier molecular flexibility index (Phi) is 3.35. The first-order chi connectivity index (χ1) is 8.50. The van der Waals surface area contributed by atoms with E-state index < -0.39 is 21.5 Å². The van der Waals surface area contributed by atoms with E-state index in [1.165, 1.54) is 24.7 Å². The summed E-state index contributed by atoms with van der Waals surface area (Å²) in [4.78, 5) is -0.272. The van der Waals surface area contributed by atoms with Gasteiger partial charge in [-0.25, -0.2) is 17.5 Å². The van der Waals surface area contributed by atoms with Crippen molar-refractivity contribution in [1.29, 1.82) is 0 Å². The van der Waals surface area contributed by atoms with Crippen molar-refractivity contribution in [2.75, 3.05) is 5.73 Å². The molecule has 3 N–H and O–H groups in total. The summed E-state index contributed by atoms with van der Waals surface area (Å²) in [7, 11) is -3.85. The molecule has 2 aromatic rings. The van der Waals surface area contributed by atoms with Crippen molar-refractivity contribution < 1.29 is 17.2 Å². The van der Waals surface area contributed by atoms with E-state index in [0.717, 1.165) is 6.07 Å². The Bertz CT molecular complexity index is 638. The van der Waals surface area contributed by atoms with E-state index in [-0.39, 0.29) is 11.4 Å². The Morgan fingerprint density at radius 2 is 2.11 bits per heavy atom. The van der Waals surface area contributed by atoms with E-state index in [4.69, 9.17) is 10.2 Å². The molecule has 2 rings (SSSR count). The molecular formula is C11H11FN2O3S. The molecule has 5 nitrogen and oxygen atoms in total. The maximum Gasteiger partial charge on any atom is 0.243 e. The van der Waals surface area contributed by atoms with Crippen molar-refractivity contribution >= 4 is 15.7 Å². The molecule has 0 radical (unpaired) electrons. The lowest BCUT2D eigenvalue weighted by molar-refractivity contribution is 0.561. The number of halogens is 1. The number of nitrogen functional groups attached to an aromatic ring is 1. The fraction of sp³-hybridized carbons (Fsp3) is 0.0909. The Morgan fingerprint density at radius 1 is 1.33 bits per heavy atom. The van der Waals surface area contributed by atoms with Crippen molar-refractivity contribution in [2.24, 2.45) is 0 Å². The Hall–Kier alpha value is -1.86. The number of hydrogen-bond acceptors (Lipinski definition) is 4. The maximum absolute atomic E-state index is 13.2. The molecule has 0 atom stereocenters. The molecule has 0 aliphatic heterocycles. The first kappa shape index (κ1) is 12.6. The van der Waals surface area contributed by atoms with Crippen LogP contribution in [0.4, 0.5) is 10.1 Å². The van der Waals surface area contributed by atoms with Crippen LogP contribution in [0.3, 0.4) is 0 Å². The van der Waals surface area contributed by atoms with Gasteiger partial charge in [-0.05, 0) is 18.2 Å². The second-order valence-corrected chi connectivity index (χ2v) is 5.34. The number of anilines is 1. The number of nitrogens with two attached hydrogens (primary N) is 1. The third-order valence-electron chi connectivity index (χ3n) is 2.35. The number of sulfonamides is 1. The van der Waals surface area contributed by atoms with Crippen molar-refractivity contribution in [3.05, 3.63) is 48.2 Å². The van der Waals surface area contributed by atoms with Gasteiger partial charge in [0.15, 0.2) is 0 Å². The van der Waals surface area contributed by atoms with E-state index in [2.05, 4.69) is 4.72 Å². The minimum Gasteiger partial charge on any atom is -0.472 e. The predicted octanol–water partition coefficient (Wildman–Crippen LogP) is 1.48. The van der Waals surface area contributed by atoms with Gasteiger partial charge in [0.05, 0.1) is 18.2 Å². The van der Waals surface area contributed by atoms with E-state index in [9.17, 15) is 12.8 Å². The van der Waals surface area contributed by atoms with Gasteiger partial charge in [0.2, 0.25) is 10.0 Å². The summed E-state index contributed by atoms with van der Waals surface area (Å²) in [6, 6.07) is 5.26. The van der Waals surface area contributed by atoms with Gasteiger partial charge < -0.3 is 10.2 Å². The lowest BCUT2D eigenvalue weighted by Gasteiger charge is -2.08. The van der Waals surface area contributed by atoms with Gasteiger partial charge in [0, 0.05) is 12.1 Å². The zero-order chi connectivity index (χ0) is 13.2. The van der Waals surface area contributed by atoms with Crippen LogP contribution in [0.15, 0.2) is 46.1 Å². The SMILES string of the molecule is Nc1c(F)cccc1S(=O)(=O)NCc1ccoc1. The van der Waals surface area contributed by atoms with Crippen LogP contribution in [0.2, 0.25) is 0 Å². The third kappa shape index (κ3) is 2.52. The number of hydrogen-bond donors (Lipinski definition) is 2. The van der Waals surface area contributed by atoms with E-state index >= 15 is 0 Å². The first-order valence-electron chi connectivity index (χ1n) is 5.05. The monoisotopic (exact) mass is 270 g/mol. The van der Waals surface area contributed by atoms with Crippen molar-refractivity contribution in [3.8, 4) is 0 Å². The lowest BCUT2D eigenvalue weighted by Crippen LogP contribution is -2.24. The molecule has 0 unspecified atom stereocenters. The highest BCUT2D eigenvalue weighted by molar-refractivity contribution is 7.89. The highest BCUT2D eigenvalue weighted by Crippen LogP contribution is 2.20. The Labute approximate surface area is 103 Å². The van der Waals surface area contributed by atoms with Gasteiger partial charge in [-0.1, -0.05) is 6.07 Å². The van der Waals surface area contributed by atoms with E-state index in [0.29, 0.717) is 5.56 Å². The summed E-state index contributed by atoms with van der Waals surface area (Å²) in [6.07, 6.45) is 2.84. The Balaban J connectivity index is 2.23. The van der Waals surface area contributed by atoms with Gasteiger partial charge >= 0.3 is 0 Å². The molecule has 18 heavy (non-hydrogen) atoms. The summed E-state index contributed by atoms with van der Waals surface area (Å²) < 4.78 is 44.1. The maximum atomic E-state index is 13.2. The van der Waals surface area contributed by atoms with Crippen molar-refractivity contribution in [2.45, 2.75) is 11.4 Å². The number of furan rings is 1. The molecule has 1 aromatic heterocycles. The molecule has 96 valence electrons. The average Bonchev–Trinajstić information content (AvgIpc) is 2.83. The molecule has 0 fully saturated rings.